The van der Waals surface area contributed by atoms with Crippen LogP contribution in [-0.4, -0.2) is 14.9 Å². The molecular formula is C12H12N4O2. The molecule has 18 heavy (non-hydrogen) atoms. The van der Waals surface area contributed by atoms with Gasteiger partial charge in [0.2, 0.25) is 0 Å². The summed E-state index contributed by atoms with van der Waals surface area (Å²) in [6.45, 7) is 2.45. The molecule has 0 unspecified atom stereocenters. The molecule has 1 N–H and O–H groups in total. The first-order valence-electron chi connectivity index (χ1n) is 5.41. The molecule has 2 rings (SSSR count). The second-order valence-corrected chi connectivity index (χ2v) is 3.82. The highest BCUT2D eigenvalue weighted by Crippen LogP contribution is 2.13. The van der Waals surface area contributed by atoms with Gasteiger partial charge in [-0.05, 0) is 12.5 Å². The first-order chi connectivity index (χ1) is 8.65. The third-order valence-corrected chi connectivity index (χ3v) is 2.42. The lowest BCUT2D eigenvalue weighted by molar-refractivity contribution is -0.384. The normalized spacial score (nSPS) is 10.1. The number of nitro groups is 1. The number of non-ortho nitro benzene ring substituents is 1. The van der Waals surface area contributed by atoms with Crippen LogP contribution in [0, 0.1) is 17.0 Å². The van der Waals surface area contributed by atoms with Gasteiger partial charge in [-0.25, -0.2) is 9.97 Å². The van der Waals surface area contributed by atoms with Crippen LogP contribution in [0.2, 0.25) is 0 Å². The minimum Gasteiger partial charge on any atom is -0.366 e. The summed E-state index contributed by atoms with van der Waals surface area (Å²) in [5, 5.41) is 13.6. The summed E-state index contributed by atoms with van der Waals surface area (Å²) in [7, 11) is 0. The Morgan fingerprint density at radius 1 is 1.28 bits per heavy atom. The maximum atomic E-state index is 10.5. The van der Waals surface area contributed by atoms with Crippen LogP contribution in [0.25, 0.3) is 0 Å². The molecule has 0 aliphatic carbocycles. The Morgan fingerprint density at radius 3 is 2.61 bits per heavy atom. The number of aromatic nitrogens is 2. The van der Waals surface area contributed by atoms with Crippen molar-refractivity contribution in [1.82, 2.24) is 9.97 Å². The molecule has 0 saturated heterocycles. The maximum absolute atomic E-state index is 10.5. The number of benzene rings is 1. The Labute approximate surface area is 104 Å². The van der Waals surface area contributed by atoms with Crippen LogP contribution in [0.4, 0.5) is 11.5 Å². The molecule has 0 aliphatic rings. The second-order valence-electron chi connectivity index (χ2n) is 3.82. The molecule has 0 spiro atoms. The molecule has 0 bridgehead atoms. The Morgan fingerprint density at radius 2 is 2.00 bits per heavy atom. The van der Waals surface area contributed by atoms with E-state index >= 15 is 0 Å². The third kappa shape index (κ3) is 3.00. The highest BCUT2D eigenvalue weighted by Gasteiger charge is 2.03. The number of hydrogen-bond donors (Lipinski definition) is 1. The minimum absolute atomic E-state index is 0.0941. The molecule has 6 nitrogen and oxygen atoms in total. The van der Waals surface area contributed by atoms with Crippen LogP contribution in [0.5, 0.6) is 0 Å². The first kappa shape index (κ1) is 12.0. The van der Waals surface area contributed by atoms with Crippen LogP contribution in [0.15, 0.2) is 36.7 Å². The molecule has 6 heteroatoms. The van der Waals surface area contributed by atoms with E-state index in [9.17, 15) is 10.1 Å². The zero-order valence-corrected chi connectivity index (χ0v) is 9.83. The fourth-order valence-corrected chi connectivity index (χ4v) is 1.48. The number of rotatable bonds is 4. The molecule has 2 aromatic rings. The lowest BCUT2D eigenvalue weighted by Gasteiger charge is -2.05. The van der Waals surface area contributed by atoms with Crippen molar-refractivity contribution in [3.8, 4) is 0 Å². The summed E-state index contributed by atoms with van der Waals surface area (Å²) in [5.74, 6) is 0.737. The highest BCUT2D eigenvalue weighted by atomic mass is 16.6. The Hall–Kier alpha value is -2.50. The molecule has 92 valence electrons. The van der Waals surface area contributed by atoms with E-state index in [0.717, 1.165) is 17.1 Å². The summed E-state index contributed by atoms with van der Waals surface area (Å²) in [6.07, 6.45) is 1.49. The van der Waals surface area contributed by atoms with Gasteiger partial charge in [0.25, 0.3) is 5.69 Å². The van der Waals surface area contributed by atoms with E-state index in [4.69, 9.17) is 0 Å². The van der Waals surface area contributed by atoms with E-state index in [1.54, 1.807) is 12.1 Å². The minimum atomic E-state index is -0.412. The van der Waals surface area contributed by atoms with E-state index in [-0.39, 0.29) is 5.69 Å². The second kappa shape index (κ2) is 5.22. The van der Waals surface area contributed by atoms with Gasteiger partial charge >= 0.3 is 0 Å². The quantitative estimate of drug-likeness (QED) is 0.659. The lowest BCUT2D eigenvalue weighted by Crippen LogP contribution is -2.02. The highest BCUT2D eigenvalue weighted by molar-refractivity contribution is 5.38. The van der Waals surface area contributed by atoms with Crippen molar-refractivity contribution < 1.29 is 4.92 Å². The van der Waals surface area contributed by atoms with Crippen LogP contribution in [0.3, 0.4) is 0 Å². The number of anilines is 1. The summed E-state index contributed by atoms with van der Waals surface area (Å²) in [4.78, 5) is 18.2. The molecule has 0 fully saturated rings. The van der Waals surface area contributed by atoms with Crippen molar-refractivity contribution >= 4 is 11.5 Å². The van der Waals surface area contributed by atoms with Gasteiger partial charge in [-0.2, -0.15) is 0 Å². The summed E-state index contributed by atoms with van der Waals surface area (Å²) in [5.41, 5.74) is 1.93. The number of hydrogen-bond acceptors (Lipinski definition) is 5. The molecular weight excluding hydrogens is 232 g/mol. The van der Waals surface area contributed by atoms with Gasteiger partial charge in [0, 0.05) is 30.4 Å². The summed E-state index contributed by atoms with van der Waals surface area (Å²) >= 11 is 0. The molecule has 1 aromatic carbocycles. The summed E-state index contributed by atoms with van der Waals surface area (Å²) in [6, 6.07) is 8.26. The van der Waals surface area contributed by atoms with Gasteiger partial charge in [-0.1, -0.05) is 12.1 Å². The number of aryl methyl sites for hydroxylation is 1. The standard InChI is InChI=1S/C12H12N4O2/c1-9-6-12(15-8-14-9)13-7-10-2-4-11(5-3-10)16(17)18/h2-6,8H,7H2,1H3,(H,13,14,15). The largest absolute Gasteiger partial charge is 0.366 e. The number of nitrogens with one attached hydrogen (secondary N) is 1. The lowest BCUT2D eigenvalue weighted by atomic mass is 10.2. The third-order valence-electron chi connectivity index (χ3n) is 2.42. The maximum Gasteiger partial charge on any atom is 0.269 e. The van der Waals surface area contributed by atoms with Crippen molar-refractivity contribution in [1.29, 1.82) is 0 Å². The molecule has 1 aromatic heterocycles. The van der Waals surface area contributed by atoms with Crippen LogP contribution in [-0.2, 0) is 6.54 Å². The van der Waals surface area contributed by atoms with Crippen LogP contribution >= 0.6 is 0 Å². The van der Waals surface area contributed by atoms with E-state index in [2.05, 4.69) is 15.3 Å². The zero-order chi connectivity index (χ0) is 13.0. The molecule has 0 atom stereocenters. The smallest absolute Gasteiger partial charge is 0.269 e. The molecule has 0 amide bonds. The Bertz CT molecular complexity index is 554. The van der Waals surface area contributed by atoms with Crippen molar-refractivity contribution in [3.63, 3.8) is 0 Å². The van der Waals surface area contributed by atoms with Crippen molar-refractivity contribution in [2.75, 3.05) is 5.32 Å². The van der Waals surface area contributed by atoms with Crippen molar-refractivity contribution in [2.45, 2.75) is 13.5 Å². The first-order valence-corrected chi connectivity index (χ1v) is 5.41. The number of nitro benzene ring substituents is 1. The number of nitrogens with zero attached hydrogens (tertiary/aromatic N) is 3. The Kier molecular flexibility index (Phi) is 3.47. The molecule has 1 heterocycles. The van der Waals surface area contributed by atoms with E-state index in [0.29, 0.717) is 6.54 Å². The van der Waals surface area contributed by atoms with Gasteiger partial charge in [0.15, 0.2) is 0 Å². The fourth-order valence-electron chi connectivity index (χ4n) is 1.48. The van der Waals surface area contributed by atoms with Gasteiger partial charge in [-0.15, -0.1) is 0 Å². The van der Waals surface area contributed by atoms with Gasteiger partial charge in [0.1, 0.15) is 12.1 Å². The van der Waals surface area contributed by atoms with Gasteiger partial charge in [0.05, 0.1) is 4.92 Å². The van der Waals surface area contributed by atoms with E-state index < -0.39 is 4.92 Å². The van der Waals surface area contributed by atoms with Crippen molar-refractivity contribution in [3.05, 3.63) is 58.0 Å². The monoisotopic (exact) mass is 244 g/mol. The van der Waals surface area contributed by atoms with E-state index in [1.165, 1.54) is 18.5 Å². The molecule has 0 radical (unpaired) electrons. The van der Waals surface area contributed by atoms with E-state index in [1.807, 2.05) is 13.0 Å². The topological polar surface area (TPSA) is 81.0 Å². The summed E-state index contributed by atoms with van der Waals surface area (Å²) < 4.78 is 0. The molecule has 0 saturated carbocycles. The molecule has 0 aliphatic heterocycles. The predicted octanol–water partition coefficient (Wildman–Crippen LogP) is 2.31. The predicted molar refractivity (Wildman–Crippen MR) is 67.2 cm³/mol. The van der Waals surface area contributed by atoms with Crippen LogP contribution < -0.4 is 5.32 Å². The SMILES string of the molecule is Cc1cc(NCc2ccc([N+](=O)[O-])cc2)ncn1. The average molecular weight is 244 g/mol. The van der Waals surface area contributed by atoms with Gasteiger partial charge < -0.3 is 5.32 Å². The van der Waals surface area contributed by atoms with Gasteiger partial charge in [-0.3, -0.25) is 10.1 Å². The Balaban J connectivity index is 2.00. The average Bonchev–Trinajstić information content (AvgIpc) is 2.37. The zero-order valence-electron chi connectivity index (χ0n) is 9.83. The van der Waals surface area contributed by atoms with Crippen LogP contribution in [0.1, 0.15) is 11.3 Å². The van der Waals surface area contributed by atoms with Crippen molar-refractivity contribution in [2.24, 2.45) is 0 Å². The fraction of sp³-hybridized carbons (Fsp3) is 0.167.